The van der Waals surface area contributed by atoms with Crippen LogP contribution < -0.4 is 4.74 Å². The standard InChI is InChI=1S/C14H15NO3/c1-8(2)11-7-10(14(16)17)9-5-4-6-12(18-3)13(9)15-11/h4-8H,1-3H3,(H,16,17). The van der Waals surface area contributed by atoms with E-state index in [2.05, 4.69) is 4.98 Å². The summed E-state index contributed by atoms with van der Waals surface area (Å²) in [5, 5.41) is 9.89. The van der Waals surface area contributed by atoms with Crippen LogP contribution in [0.4, 0.5) is 0 Å². The number of benzene rings is 1. The second kappa shape index (κ2) is 4.64. The number of rotatable bonds is 3. The van der Waals surface area contributed by atoms with Gasteiger partial charge in [-0.15, -0.1) is 0 Å². The topological polar surface area (TPSA) is 59.4 Å². The molecular formula is C14H15NO3. The number of aromatic carboxylic acids is 1. The number of ether oxygens (including phenoxy) is 1. The van der Waals surface area contributed by atoms with Gasteiger partial charge in [-0.05, 0) is 18.1 Å². The van der Waals surface area contributed by atoms with Crippen LogP contribution in [0.15, 0.2) is 24.3 Å². The fourth-order valence-electron chi connectivity index (χ4n) is 1.88. The minimum absolute atomic E-state index is 0.164. The van der Waals surface area contributed by atoms with E-state index >= 15 is 0 Å². The number of methoxy groups -OCH3 is 1. The largest absolute Gasteiger partial charge is 0.494 e. The Bertz CT molecular complexity index is 605. The van der Waals surface area contributed by atoms with Gasteiger partial charge in [0, 0.05) is 11.1 Å². The van der Waals surface area contributed by atoms with E-state index < -0.39 is 5.97 Å². The highest BCUT2D eigenvalue weighted by molar-refractivity contribution is 6.04. The van der Waals surface area contributed by atoms with Gasteiger partial charge in [-0.2, -0.15) is 0 Å². The van der Waals surface area contributed by atoms with Gasteiger partial charge in [0.1, 0.15) is 11.3 Å². The van der Waals surface area contributed by atoms with Gasteiger partial charge in [0.05, 0.1) is 12.7 Å². The SMILES string of the molecule is COc1cccc2c(C(=O)O)cc(C(C)C)nc12. The fourth-order valence-corrected chi connectivity index (χ4v) is 1.88. The van der Waals surface area contributed by atoms with E-state index in [1.165, 1.54) is 0 Å². The predicted octanol–water partition coefficient (Wildman–Crippen LogP) is 3.07. The Morgan fingerprint density at radius 3 is 2.67 bits per heavy atom. The molecule has 0 atom stereocenters. The number of carboxylic acid groups (broad SMARTS) is 1. The maximum absolute atomic E-state index is 11.3. The minimum Gasteiger partial charge on any atom is -0.494 e. The van der Waals surface area contributed by atoms with Crippen LogP contribution >= 0.6 is 0 Å². The van der Waals surface area contributed by atoms with Gasteiger partial charge in [-0.25, -0.2) is 9.78 Å². The molecule has 1 N–H and O–H groups in total. The molecule has 4 heteroatoms. The zero-order chi connectivity index (χ0) is 13.3. The molecule has 18 heavy (non-hydrogen) atoms. The Morgan fingerprint density at radius 1 is 1.39 bits per heavy atom. The van der Waals surface area contributed by atoms with Crippen molar-refractivity contribution in [3.63, 3.8) is 0 Å². The predicted molar refractivity (Wildman–Crippen MR) is 69.3 cm³/mol. The maximum atomic E-state index is 11.3. The Balaban J connectivity index is 2.85. The molecule has 0 aliphatic carbocycles. The van der Waals surface area contributed by atoms with Crippen molar-refractivity contribution >= 4 is 16.9 Å². The van der Waals surface area contributed by atoms with Gasteiger partial charge in [0.2, 0.25) is 0 Å². The van der Waals surface area contributed by atoms with Crippen LogP contribution in [-0.2, 0) is 0 Å². The summed E-state index contributed by atoms with van der Waals surface area (Å²) in [6.07, 6.45) is 0. The molecule has 2 rings (SSSR count). The first-order valence-electron chi connectivity index (χ1n) is 5.75. The van der Waals surface area contributed by atoms with Gasteiger partial charge in [-0.1, -0.05) is 26.0 Å². The molecule has 0 fully saturated rings. The Morgan fingerprint density at radius 2 is 2.11 bits per heavy atom. The molecule has 0 saturated carbocycles. The van der Waals surface area contributed by atoms with Crippen LogP contribution in [0.25, 0.3) is 10.9 Å². The molecular weight excluding hydrogens is 230 g/mol. The maximum Gasteiger partial charge on any atom is 0.336 e. The van der Waals surface area contributed by atoms with Crippen molar-refractivity contribution in [2.24, 2.45) is 0 Å². The van der Waals surface area contributed by atoms with Gasteiger partial charge in [0.15, 0.2) is 0 Å². The highest BCUT2D eigenvalue weighted by Gasteiger charge is 2.15. The third-order valence-electron chi connectivity index (χ3n) is 2.86. The quantitative estimate of drug-likeness (QED) is 0.902. The summed E-state index contributed by atoms with van der Waals surface area (Å²) in [6, 6.07) is 6.93. The summed E-state index contributed by atoms with van der Waals surface area (Å²) in [7, 11) is 1.55. The summed E-state index contributed by atoms with van der Waals surface area (Å²) in [4.78, 5) is 15.8. The molecule has 0 spiro atoms. The zero-order valence-electron chi connectivity index (χ0n) is 10.6. The number of nitrogens with zero attached hydrogens (tertiary/aromatic N) is 1. The Labute approximate surface area is 105 Å². The van der Waals surface area contributed by atoms with Gasteiger partial charge in [0.25, 0.3) is 0 Å². The van der Waals surface area contributed by atoms with E-state index in [1.807, 2.05) is 13.8 Å². The molecule has 1 aromatic heterocycles. The molecule has 0 amide bonds. The van der Waals surface area contributed by atoms with Crippen LogP contribution in [0.2, 0.25) is 0 Å². The summed E-state index contributed by atoms with van der Waals surface area (Å²) < 4.78 is 5.24. The van der Waals surface area contributed by atoms with Crippen LogP contribution in [0.5, 0.6) is 5.75 Å². The normalized spacial score (nSPS) is 10.9. The summed E-state index contributed by atoms with van der Waals surface area (Å²) in [5.41, 5.74) is 1.62. The van der Waals surface area contributed by atoms with Crippen LogP contribution in [0.3, 0.4) is 0 Å². The second-order valence-corrected chi connectivity index (χ2v) is 4.41. The number of para-hydroxylation sites is 1. The highest BCUT2D eigenvalue weighted by Crippen LogP contribution is 2.28. The molecule has 0 aliphatic rings. The van der Waals surface area contributed by atoms with Gasteiger partial charge >= 0.3 is 5.97 Å². The summed E-state index contributed by atoms with van der Waals surface area (Å²) in [5.74, 6) is -0.188. The molecule has 1 aromatic carbocycles. The molecule has 0 unspecified atom stereocenters. The van der Waals surface area contributed by atoms with Crippen molar-refractivity contribution < 1.29 is 14.6 Å². The Kier molecular flexibility index (Phi) is 3.19. The molecule has 0 bridgehead atoms. The lowest BCUT2D eigenvalue weighted by molar-refractivity contribution is 0.0699. The highest BCUT2D eigenvalue weighted by atomic mass is 16.5. The number of hydrogen-bond acceptors (Lipinski definition) is 3. The van der Waals surface area contributed by atoms with E-state index in [9.17, 15) is 9.90 Å². The number of aromatic nitrogens is 1. The second-order valence-electron chi connectivity index (χ2n) is 4.41. The lowest BCUT2D eigenvalue weighted by atomic mass is 10.0. The lowest BCUT2D eigenvalue weighted by Crippen LogP contribution is -2.03. The Hall–Kier alpha value is -2.10. The number of hydrogen-bond donors (Lipinski definition) is 1. The first-order chi connectivity index (χ1) is 8.54. The molecule has 0 saturated heterocycles. The summed E-state index contributed by atoms with van der Waals surface area (Å²) >= 11 is 0. The van der Waals surface area contributed by atoms with Crippen LogP contribution in [0, 0.1) is 0 Å². The van der Waals surface area contributed by atoms with E-state index in [4.69, 9.17) is 4.74 Å². The van der Waals surface area contributed by atoms with Gasteiger partial charge < -0.3 is 9.84 Å². The average molecular weight is 245 g/mol. The van der Waals surface area contributed by atoms with Crippen molar-refractivity contribution in [1.82, 2.24) is 4.98 Å². The van der Waals surface area contributed by atoms with Crippen LogP contribution in [0.1, 0.15) is 35.8 Å². The molecule has 4 nitrogen and oxygen atoms in total. The van der Waals surface area contributed by atoms with Crippen molar-refractivity contribution in [2.75, 3.05) is 7.11 Å². The first kappa shape index (κ1) is 12.4. The number of pyridine rings is 1. The van der Waals surface area contributed by atoms with E-state index in [1.54, 1.807) is 31.4 Å². The third kappa shape index (κ3) is 2.01. The number of carboxylic acids is 1. The van der Waals surface area contributed by atoms with Crippen molar-refractivity contribution in [3.05, 3.63) is 35.5 Å². The lowest BCUT2D eigenvalue weighted by Gasteiger charge is -2.11. The van der Waals surface area contributed by atoms with Crippen molar-refractivity contribution in [2.45, 2.75) is 19.8 Å². The van der Waals surface area contributed by atoms with E-state index in [0.29, 0.717) is 16.7 Å². The number of fused-ring (bicyclic) bond motifs is 1. The first-order valence-corrected chi connectivity index (χ1v) is 5.75. The minimum atomic E-state index is -0.947. The summed E-state index contributed by atoms with van der Waals surface area (Å²) in [6.45, 7) is 3.96. The molecule has 0 aliphatic heterocycles. The van der Waals surface area contributed by atoms with Gasteiger partial charge in [-0.3, -0.25) is 0 Å². The molecule has 0 radical (unpaired) electrons. The molecule has 1 heterocycles. The van der Waals surface area contributed by atoms with E-state index in [-0.39, 0.29) is 11.5 Å². The third-order valence-corrected chi connectivity index (χ3v) is 2.86. The smallest absolute Gasteiger partial charge is 0.336 e. The fraction of sp³-hybridized carbons (Fsp3) is 0.286. The van der Waals surface area contributed by atoms with E-state index in [0.717, 1.165) is 5.69 Å². The average Bonchev–Trinajstić information content (AvgIpc) is 2.36. The zero-order valence-corrected chi connectivity index (χ0v) is 10.6. The van der Waals surface area contributed by atoms with Crippen molar-refractivity contribution in [1.29, 1.82) is 0 Å². The molecule has 2 aromatic rings. The molecule has 94 valence electrons. The van der Waals surface area contributed by atoms with Crippen molar-refractivity contribution in [3.8, 4) is 5.75 Å². The van der Waals surface area contributed by atoms with Crippen LogP contribution in [-0.4, -0.2) is 23.2 Å². The number of carbonyl (C=O) groups is 1. The monoisotopic (exact) mass is 245 g/mol.